The van der Waals surface area contributed by atoms with Crippen molar-refractivity contribution in [2.75, 3.05) is 14.1 Å². The normalized spacial score (nSPS) is 10.2. The van der Waals surface area contributed by atoms with E-state index in [1.165, 1.54) is 10.9 Å². The molecule has 0 bridgehead atoms. The first kappa shape index (κ1) is 12.5. The van der Waals surface area contributed by atoms with Crippen molar-refractivity contribution in [2.45, 2.75) is 0 Å². The minimum absolute atomic E-state index is 1.25. The standard InChI is InChI=1S/C4H8N2.2BrH.Ni/c1-5-3-4-6-2;;;/h3-4H,1-2H3;2*1H;/q;;;+2/p-2. The van der Waals surface area contributed by atoms with Crippen LogP contribution in [0.25, 0.3) is 0 Å². The van der Waals surface area contributed by atoms with E-state index in [0.717, 1.165) is 0 Å². The molecular weight excluding hydrogens is 295 g/mol. The zero-order valence-electron chi connectivity index (χ0n) is 5.12. The van der Waals surface area contributed by atoms with E-state index in [4.69, 9.17) is 0 Å². The first-order chi connectivity index (χ1) is 4.33. The van der Waals surface area contributed by atoms with Gasteiger partial charge in [-0.1, -0.05) is 0 Å². The molecule has 0 radical (unpaired) electrons. The van der Waals surface area contributed by atoms with Gasteiger partial charge in [-0.05, 0) is 0 Å². The third-order valence-corrected chi connectivity index (χ3v) is 0.365. The van der Waals surface area contributed by atoms with Crippen molar-refractivity contribution < 1.29 is 10.9 Å². The van der Waals surface area contributed by atoms with Crippen molar-refractivity contribution in [3.05, 3.63) is 0 Å². The number of halogens is 2. The van der Waals surface area contributed by atoms with E-state index in [1.54, 1.807) is 26.5 Å². The number of aliphatic imine (C=N–C) groups is 2. The van der Waals surface area contributed by atoms with Crippen molar-refractivity contribution in [3.63, 3.8) is 0 Å². The fraction of sp³-hybridized carbons (Fsp3) is 0.500. The van der Waals surface area contributed by atoms with Crippen molar-refractivity contribution in [1.29, 1.82) is 0 Å². The molecule has 0 aromatic rings. The molecule has 0 rings (SSSR count). The first-order valence-corrected chi connectivity index (χ1v) is 6.87. The first-order valence-electron chi connectivity index (χ1n) is 1.98. The number of nitrogens with zero attached hydrogens (tertiary/aromatic N) is 2. The second-order valence-corrected chi connectivity index (χ2v) is 5.84. The Morgan fingerprint density at radius 1 is 1.11 bits per heavy atom. The molecule has 0 amide bonds. The Bertz CT molecular complexity index is 74.6. The molecule has 0 saturated heterocycles. The van der Waals surface area contributed by atoms with E-state index >= 15 is 0 Å². The minimum atomic E-state index is 1.25. The van der Waals surface area contributed by atoms with Crippen molar-refractivity contribution in [2.24, 2.45) is 9.98 Å². The van der Waals surface area contributed by atoms with Gasteiger partial charge in [0.25, 0.3) is 0 Å². The van der Waals surface area contributed by atoms with Gasteiger partial charge in [-0.25, -0.2) is 0 Å². The van der Waals surface area contributed by atoms with Gasteiger partial charge in [-0.15, -0.1) is 0 Å². The van der Waals surface area contributed by atoms with Gasteiger partial charge in [0.2, 0.25) is 0 Å². The van der Waals surface area contributed by atoms with Crippen LogP contribution in [0.3, 0.4) is 0 Å². The molecule has 5 heteroatoms. The van der Waals surface area contributed by atoms with Gasteiger partial charge in [-0.3, -0.25) is 9.98 Å². The average Bonchev–Trinajstić information content (AvgIpc) is 1.86. The maximum absolute atomic E-state index is 3.65. The van der Waals surface area contributed by atoms with Crippen molar-refractivity contribution >= 4 is 40.9 Å². The summed E-state index contributed by atoms with van der Waals surface area (Å²) in [6, 6.07) is 0. The van der Waals surface area contributed by atoms with E-state index in [-0.39, 0.29) is 0 Å². The van der Waals surface area contributed by atoms with E-state index in [2.05, 4.69) is 38.4 Å². The number of hydrogen-bond acceptors (Lipinski definition) is 2. The Morgan fingerprint density at radius 3 is 1.44 bits per heavy atom. The van der Waals surface area contributed by atoms with Crippen molar-refractivity contribution in [3.8, 4) is 0 Å². The van der Waals surface area contributed by atoms with E-state index < -0.39 is 0 Å². The molecule has 0 N–H and O–H groups in total. The van der Waals surface area contributed by atoms with Crippen LogP contribution in [0.2, 0.25) is 0 Å². The SMILES string of the molecule is CN=CC=NC.[Br][Ni][Br]. The monoisotopic (exact) mass is 300 g/mol. The molecule has 0 aliphatic rings. The van der Waals surface area contributed by atoms with E-state index in [0.29, 0.717) is 0 Å². The summed E-state index contributed by atoms with van der Waals surface area (Å²) < 4.78 is 0. The van der Waals surface area contributed by atoms with E-state index in [9.17, 15) is 0 Å². The molecule has 0 aromatic heterocycles. The zero-order chi connectivity index (χ0) is 7.54. The predicted molar refractivity (Wildman–Crippen MR) is 46.7 cm³/mol. The molecule has 9 heavy (non-hydrogen) atoms. The van der Waals surface area contributed by atoms with Gasteiger partial charge in [0.15, 0.2) is 0 Å². The van der Waals surface area contributed by atoms with Gasteiger partial charge >= 0.3 is 39.3 Å². The summed E-state index contributed by atoms with van der Waals surface area (Å²) in [5.41, 5.74) is 0. The molecule has 0 heterocycles. The molecule has 2 nitrogen and oxygen atoms in total. The van der Waals surface area contributed by atoms with Crippen molar-refractivity contribution in [1.82, 2.24) is 0 Å². The Morgan fingerprint density at radius 2 is 1.33 bits per heavy atom. The van der Waals surface area contributed by atoms with Crippen LogP contribution < -0.4 is 0 Å². The molecule has 0 saturated carbocycles. The van der Waals surface area contributed by atoms with Crippen LogP contribution in [0, 0.1) is 0 Å². The summed E-state index contributed by atoms with van der Waals surface area (Å²) in [6.07, 6.45) is 3.28. The third kappa shape index (κ3) is 28.2. The van der Waals surface area contributed by atoms with Gasteiger partial charge < -0.3 is 0 Å². The molecule has 0 aliphatic heterocycles. The van der Waals surface area contributed by atoms with Gasteiger partial charge in [0.1, 0.15) is 0 Å². The molecule has 58 valence electrons. The summed E-state index contributed by atoms with van der Waals surface area (Å²) in [4.78, 5) is 7.30. The van der Waals surface area contributed by atoms with Crippen LogP contribution in [0.15, 0.2) is 9.98 Å². The summed E-state index contributed by atoms with van der Waals surface area (Å²) in [5.74, 6) is 0. The van der Waals surface area contributed by atoms with E-state index in [1.807, 2.05) is 0 Å². The topological polar surface area (TPSA) is 24.7 Å². The fourth-order valence-corrected chi connectivity index (χ4v) is 0.133. The van der Waals surface area contributed by atoms with Crippen LogP contribution >= 0.6 is 28.5 Å². The number of hydrogen-bond donors (Lipinski definition) is 0. The van der Waals surface area contributed by atoms with Crippen LogP contribution in [0.5, 0.6) is 0 Å². The second kappa shape index (κ2) is 15.9. The molecule has 0 atom stereocenters. The van der Waals surface area contributed by atoms with Crippen LogP contribution in [-0.2, 0) is 10.9 Å². The molecular formula is C4H8Br2N2Ni. The summed E-state index contributed by atoms with van der Waals surface area (Å²) in [7, 11) is 4.67. The van der Waals surface area contributed by atoms with Crippen LogP contribution in [-0.4, -0.2) is 26.5 Å². The fourth-order valence-electron chi connectivity index (χ4n) is 0.133. The number of rotatable bonds is 1. The Hall–Kier alpha value is 0.794. The second-order valence-electron chi connectivity index (χ2n) is 0.860. The Balaban J connectivity index is 0. The summed E-state index contributed by atoms with van der Waals surface area (Å²) in [6.45, 7) is 0. The van der Waals surface area contributed by atoms with Crippen LogP contribution in [0.1, 0.15) is 0 Å². The third-order valence-electron chi connectivity index (χ3n) is 0.365. The Kier molecular flexibility index (Phi) is 22.0. The Labute approximate surface area is 75.6 Å². The molecule has 0 spiro atoms. The van der Waals surface area contributed by atoms with Gasteiger partial charge in [-0.2, -0.15) is 0 Å². The summed E-state index contributed by atoms with van der Waals surface area (Å²) in [5, 5.41) is 0. The average molecular weight is 303 g/mol. The quantitative estimate of drug-likeness (QED) is 0.523. The summed E-state index contributed by atoms with van der Waals surface area (Å²) >= 11 is 6.00. The molecule has 0 unspecified atom stereocenters. The van der Waals surface area contributed by atoms with Gasteiger partial charge in [0.05, 0.1) is 0 Å². The zero-order valence-corrected chi connectivity index (χ0v) is 9.28. The molecule has 0 aromatic carbocycles. The van der Waals surface area contributed by atoms with Crippen LogP contribution in [0.4, 0.5) is 0 Å². The van der Waals surface area contributed by atoms with Gasteiger partial charge in [0, 0.05) is 26.5 Å². The predicted octanol–water partition coefficient (Wildman–Crippen LogP) is 2.08. The maximum atomic E-state index is 3.65. The molecule has 0 fully saturated rings. The molecule has 0 aliphatic carbocycles.